The highest BCUT2D eigenvalue weighted by Gasteiger charge is 2.13. The van der Waals surface area contributed by atoms with E-state index in [1.807, 2.05) is 30.0 Å². The van der Waals surface area contributed by atoms with Gasteiger partial charge >= 0.3 is 11.9 Å². The highest BCUT2D eigenvalue weighted by atomic mass is 16.4. The first kappa shape index (κ1) is 14.9. The van der Waals surface area contributed by atoms with E-state index in [0.717, 1.165) is 16.6 Å². The number of aromatic carboxylic acids is 1. The number of aromatic nitrogens is 1. The minimum atomic E-state index is -0.964. The smallest absolute Gasteiger partial charge is 0.352 e. The molecule has 2 N–H and O–H groups in total. The second kappa shape index (κ2) is 5.87. The number of carboxylic acids is 2. The number of rotatable bonds is 6. The van der Waals surface area contributed by atoms with Crippen LogP contribution < -0.4 is 4.90 Å². The molecule has 0 atom stereocenters. The molecule has 0 aliphatic carbocycles. The van der Waals surface area contributed by atoms with Gasteiger partial charge in [-0.3, -0.25) is 4.79 Å². The molecule has 0 aliphatic heterocycles. The Labute approximate surface area is 122 Å². The second-order valence-electron chi connectivity index (χ2n) is 4.86. The summed E-state index contributed by atoms with van der Waals surface area (Å²) in [4.78, 5) is 23.8. The van der Waals surface area contributed by atoms with E-state index in [1.54, 1.807) is 17.7 Å². The van der Waals surface area contributed by atoms with Gasteiger partial charge in [-0.2, -0.15) is 0 Å². The van der Waals surface area contributed by atoms with Gasteiger partial charge in [0, 0.05) is 36.7 Å². The average molecular weight is 290 g/mol. The van der Waals surface area contributed by atoms with E-state index >= 15 is 0 Å². The van der Waals surface area contributed by atoms with Crippen molar-refractivity contribution in [2.24, 2.45) is 7.05 Å². The number of hydrogen-bond acceptors (Lipinski definition) is 3. The number of carbonyl (C=O) groups is 2. The van der Waals surface area contributed by atoms with Crippen LogP contribution in [-0.2, 0) is 11.8 Å². The molecule has 112 valence electrons. The fourth-order valence-electron chi connectivity index (χ4n) is 2.44. The molecule has 0 spiro atoms. The van der Waals surface area contributed by atoms with E-state index in [4.69, 9.17) is 10.2 Å². The maximum absolute atomic E-state index is 11.1. The van der Waals surface area contributed by atoms with Crippen molar-refractivity contribution in [1.82, 2.24) is 4.57 Å². The molecule has 0 amide bonds. The molecular weight excluding hydrogens is 272 g/mol. The first-order chi connectivity index (χ1) is 9.93. The zero-order chi connectivity index (χ0) is 15.6. The van der Waals surface area contributed by atoms with Gasteiger partial charge in [-0.25, -0.2) is 4.79 Å². The molecule has 1 aromatic carbocycles. The summed E-state index contributed by atoms with van der Waals surface area (Å²) < 4.78 is 1.63. The van der Waals surface area contributed by atoms with Gasteiger partial charge in [0.1, 0.15) is 5.69 Å². The number of nitrogens with zero attached hydrogens (tertiary/aromatic N) is 2. The van der Waals surface area contributed by atoms with E-state index < -0.39 is 11.9 Å². The molecule has 6 nitrogen and oxygen atoms in total. The Morgan fingerprint density at radius 2 is 1.95 bits per heavy atom. The lowest BCUT2D eigenvalue weighted by Crippen LogP contribution is -2.25. The molecular formula is C15H18N2O4. The van der Waals surface area contributed by atoms with Crippen molar-refractivity contribution >= 4 is 28.5 Å². The van der Waals surface area contributed by atoms with Crippen LogP contribution in [0.1, 0.15) is 23.8 Å². The van der Waals surface area contributed by atoms with Crippen LogP contribution in [0.3, 0.4) is 0 Å². The van der Waals surface area contributed by atoms with Gasteiger partial charge in [0.2, 0.25) is 0 Å². The Morgan fingerprint density at radius 1 is 1.24 bits per heavy atom. The zero-order valence-corrected chi connectivity index (χ0v) is 12.0. The number of aliphatic carboxylic acids is 1. The van der Waals surface area contributed by atoms with Gasteiger partial charge in [0.25, 0.3) is 0 Å². The summed E-state index contributed by atoms with van der Waals surface area (Å²) in [5.41, 5.74) is 1.97. The molecule has 1 aromatic heterocycles. The standard InChI is InChI=1S/C15H18N2O4/c1-3-17(7-6-14(18)19)11-4-5-12-10(8-11)9-13(15(20)21)16(12)2/h4-5,8-9H,3,6-7H2,1-2H3,(H,18,19)(H,20,21). The second-order valence-corrected chi connectivity index (χ2v) is 4.86. The van der Waals surface area contributed by atoms with E-state index in [-0.39, 0.29) is 12.1 Å². The Morgan fingerprint density at radius 3 is 2.52 bits per heavy atom. The van der Waals surface area contributed by atoms with Crippen LogP contribution in [0.2, 0.25) is 0 Å². The van der Waals surface area contributed by atoms with Gasteiger partial charge in [0.05, 0.1) is 6.42 Å². The van der Waals surface area contributed by atoms with Crippen LogP contribution in [0.4, 0.5) is 5.69 Å². The normalized spacial score (nSPS) is 10.8. The number of anilines is 1. The molecule has 1 heterocycles. The third-order valence-electron chi connectivity index (χ3n) is 3.59. The summed E-state index contributed by atoms with van der Waals surface area (Å²) >= 11 is 0. The maximum atomic E-state index is 11.1. The molecule has 0 aliphatic rings. The molecule has 2 rings (SSSR count). The van der Waals surface area contributed by atoms with Crippen molar-refractivity contribution < 1.29 is 19.8 Å². The lowest BCUT2D eigenvalue weighted by molar-refractivity contribution is -0.136. The van der Waals surface area contributed by atoms with Crippen LogP contribution in [0.15, 0.2) is 24.3 Å². The topological polar surface area (TPSA) is 82.8 Å². The highest BCUT2D eigenvalue weighted by molar-refractivity contribution is 5.95. The summed E-state index contributed by atoms with van der Waals surface area (Å²) in [6.07, 6.45) is 0.0705. The number of hydrogen-bond donors (Lipinski definition) is 2. The Kier molecular flexibility index (Phi) is 4.16. The molecule has 21 heavy (non-hydrogen) atoms. The minimum Gasteiger partial charge on any atom is -0.481 e. The van der Waals surface area contributed by atoms with Crippen molar-refractivity contribution in [2.45, 2.75) is 13.3 Å². The van der Waals surface area contributed by atoms with Crippen molar-refractivity contribution in [3.05, 3.63) is 30.0 Å². The van der Waals surface area contributed by atoms with Crippen molar-refractivity contribution in [3.63, 3.8) is 0 Å². The fourth-order valence-corrected chi connectivity index (χ4v) is 2.44. The number of fused-ring (bicyclic) bond motifs is 1. The molecule has 0 saturated heterocycles. The monoisotopic (exact) mass is 290 g/mol. The van der Waals surface area contributed by atoms with Crippen molar-refractivity contribution in [3.8, 4) is 0 Å². The van der Waals surface area contributed by atoms with Crippen molar-refractivity contribution in [2.75, 3.05) is 18.0 Å². The van der Waals surface area contributed by atoms with Crippen LogP contribution in [0, 0.1) is 0 Å². The van der Waals surface area contributed by atoms with Gasteiger partial charge in [0.15, 0.2) is 0 Å². The molecule has 2 aromatic rings. The quantitative estimate of drug-likeness (QED) is 0.852. The Balaban J connectivity index is 2.37. The Hall–Kier alpha value is -2.50. The summed E-state index contributed by atoms with van der Waals surface area (Å²) in [6.45, 7) is 3.08. The molecule has 0 fully saturated rings. The van der Waals surface area contributed by atoms with E-state index in [1.165, 1.54) is 0 Å². The number of benzene rings is 1. The summed E-state index contributed by atoms with van der Waals surface area (Å²) in [5, 5.41) is 18.8. The first-order valence-electron chi connectivity index (χ1n) is 6.73. The third-order valence-corrected chi connectivity index (χ3v) is 3.59. The molecule has 0 saturated carbocycles. The van der Waals surface area contributed by atoms with Crippen molar-refractivity contribution in [1.29, 1.82) is 0 Å². The fraction of sp³-hybridized carbons (Fsp3) is 0.333. The van der Waals surface area contributed by atoms with Gasteiger partial charge in [-0.05, 0) is 31.2 Å². The average Bonchev–Trinajstić information content (AvgIpc) is 2.76. The predicted molar refractivity (Wildman–Crippen MR) is 80.0 cm³/mol. The summed E-state index contributed by atoms with van der Waals surface area (Å²) in [6, 6.07) is 7.28. The lowest BCUT2D eigenvalue weighted by atomic mass is 10.2. The van der Waals surface area contributed by atoms with Gasteiger partial charge < -0.3 is 19.7 Å². The van der Waals surface area contributed by atoms with Crippen LogP contribution in [0.5, 0.6) is 0 Å². The van der Waals surface area contributed by atoms with Crippen LogP contribution in [-0.4, -0.2) is 39.8 Å². The molecule has 0 bridgehead atoms. The predicted octanol–water partition coefficient (Wildman–Crippen LogP) is 2.18. The Bertz CT molecular complexity index is 690. The minimum absolute atomic E-state index is 0.0705. The van der Waals surface area contributed by atoms with Crippen LogP contribution in [0.25, 0.3) is 10.9 Å². The van der Waals surface area contributed by atoms with Crippen LogP contribution >= 0.6 is 0 Å². The first-order valence-corrected chi connectivity index (χ1v) is 6.73. The van der Waals surface area contributed by atoms with Gasteiger partial charge in [-0.1, -0.05) is 0 Å². The summed E-state index contributed by atoms with van der Waals surface area (Å²) in [5.74, 6) is -1.80. The third kappa shape index (κ3) is 2.99. The van der Waals surface area contributed by atoms with Gasteiger partial charge in [-0.15, -0.1) is 0 Å². The molecule has 0 unspecified atom stereocenters. The number of aryl methyl sites for hydroxylation is 1. The largest absolute Gasteiger partial charge is 0.481 e. The number of carboxylic acid groups (broad SMARTS) is 2. The SMILES string of the molecule is CCN(CCC(=O)O)c1ccc2c(c1)cc(C(=O)O)n2C. The highest BCUT2D eigenvalue weighted by Crippen LogP contribution is 2.25. The van der Waals surface area contributed by atoms with E-state index in [9.17, 15) is 9.59 Å². The van der Waals surface area contributed by atoms with E-state index in [2.05, 4.69) is 0 Å². The summed E-state index contributed by atoms with van der Waals surface area (Å²) in [7, 11) is 1.72. The molecule has 0 radical (unpaired) electrons. The molecule has 6 heteroatoms. The maximum Gasteiger partial charge on any atom is 0.352 e. The van der Waals surface area contributed by atoms with E-state index in [0.29, 0.717) is 13.1 Å². The zero-order valence-electron chi connectivity index (χ0n) is 12.0. The lowest BCUT2D eigenvalue weighted by Gasteiger charge is -2.22.